The van der Waals surface area contributed by atoms with Crippen molar-refractivity contribution in [3.05, 3.63) is 30.1 Å². The van der Waals surface area contributed by atoms with Crippen molar-refractivity contribution in [1.29, 1.82) is 0 Å². The first-order valence-electron chi connectivity index (χ1n) is 8.70. The fourth-order valence-corrected chi connectivity index (χ4v) is 4.00. The van der Waals surface area contributed by atoms with Crippen molar-refractivity contribution in [3.8, 4) is 0 Å². The van der Waals surface area contributed by atoms with Crippen LogP contribution in [0, 0.1) is 5.92 Å². The Bertz CT molecular complexity index is 527. The van der Waals surface area contributed by atoms with Gasteiger partial charge in [-0.3, -0.25) is 19.6 Å². The number of amides is 1. The predicted molar refractivity (Wildman–Crippen MR) is 91.0 cm³/mol. The summed E-state index contributed by atoms with van der Waals surface area (Å²) >= 11 is 0. The lowest BCUT2D eigenvalue weighted by atomic mass is 10.0. The summed E-state index contributed by atoms with van der Waals surface area (Å²) in [4.78, 5) is 22.7. The van der Waals surface area contributed by atoms with Crippen LogP contribution in [0.3, 0.4) is 0 Å². The van der Waals surface area contributed by atoms with E-state index in [4.69, 9.17) is 0 Å². The molecule has 0 spiro atoms. The summed E-state index contributed by atoms with van der Waals surface area (Å²) in [6.45, 7) is 12.3. The van der Waals surface area contributed by atoms with Gasteiger partial charge < -0.3 is 4.90 Å². The molecule has 0 aliphatic carbocycles. The van der Waals surface area contributed by atoms with E-state index >= 15 is 0 Å². The molecule has 2 saturated heterocycles. The monoisotopic (exact) mass is 316 g/mol. The zero-order valence-electron chi connectivity index (χ0n) is 14.5. The number of rotatable bonds is 3. The van der Waals surface area contributed by atoms with Crippen molar-refractivity contribution in [1.82, 2.24) is 19.7 Å². The fraction of sp³-hybridized carbons (Fsp3) is 0.667. The molecular formula is C18H28N4O. The van der Waals surface area contributed by atoms with Gasteiger partial charge in [-0.25, -0.2) is 0 Å². The van der Waals surface area contributed by atoms with E-state index in [1.54, 1.807) is 6.92 Å². The van der Waals surface area contributed by atoms with Crippen molar-refractivity contribution < 1.29 is 4.79 Å². The molecule has 3 heterocycles. The molecule has 5 nitrogen and oxygen atoms in total. The Kier molecular flexibility index (Phi) is 4.97. The van der Waals surface area contributed by atoms with E-state index in [0.29, 0.717) is 18.0 Å². The van der Waals surface area contributed by atoms with E-state index in [-0.39, 0.29) is 5.91 Å². The van der Waals surface area contributed by atoms with E-state index in [2.05, 4.69) is 40.8 Å². The minimum atomic E-state index is 0.206. The second kappa shape index (κ2) is 6.97. The molecule has 1 aromatic heterocycles. The molecular weight excluding hydrogens is 288 g/mol. The minimum Gasteiger partial charge on any atom is -0.340 e. The van der Waals surface area contributed by atoms with Gasteiger partial charge >= 0.3 is 0 Å². The molecule has 0 saturated carbocycles. The Morgan fingerprint density at radius 3 is 2.43 bits per heavy atom. The zero-order valence-corrected chi connectivity index (χ0v) is 14.5. The van der Waals surface area contributed by atoms with Crippen molar-refractivity contribution in [2.24, 2.45) is 5.92 Å². The third kappa shape index (κ3) is 3.56. The van der Waals surface area contributed by atoms with Crippen LogP contribution in [0.15, 0.2) is 24.5 Å². The summed E-state index contributed by atoms with van der Waals surface area (Å²) in [5.74, 6) is 0.875. The number of hydrogen-bond donors (Lipinski definition) is 0. The van der Waals surface area contributed by atoms with Crippen molar-refractivity contribution >= 4 is 5.91 Å². The number of nitrogens with zero attached hydrogens (tertiary/aromatic N) is 4. The van der Waals surface area contributed by atoms with Crippen LogP contribution in [0.25, 0.3) is 0 Å². The molecule has 0 bridgehead atoms. The number of carbonyl (C=O) groups excluding carboxylic acids is 1. The Balaban J connectivity index is 1.60. The van der Waals surface area contributed by atoms with Crippen LogP contribution in [0.2, 0.25) is 0 Å². The molecule has 3 atom stereocenters. The molecule has 3 rings (SSSR count). The summed E-state index contributed by atoms with van der Waals surface area (Å²) in [5, 5.41) is 0. The lowest BCUT2D eigenvalue weighted by molar-refractivity contribution is -0.130. The largest absolute Gasteiger partial charge is 0.340 e. The number of pyridine rings is 1. The van der Waals surface area contributed by atoms with Gasteiger partial charge in [-0.15, -0.1) is 0 Å². The van der Waals surface area contributed by atoms with Crippen LogP contribution in [0.1, 0.15) is 32.4 Å². The van der Waals surface area contributed by atoms with Gasteiger partial charge in [-0.05, 0) is 30.5 Å². The Morgan fingerprint density at radius 1 is 1.17 bits per heavy atom. The summed E-state index contributed by atoms with van der Waals surface area (Å²) in [6, 6.07) is 5.28. The highest BCUT2D eigenvalue weighted by Crippen LogP contribution is 2.30. The molecule has 5 heteroatoms. The topological polar surface area (TPSA) is 39.7 Å². The van der Waals surface area contributed by atoms with Gasteiger partial charge in [0.1, 0.15) is 0 Å². The molecule has 126 valence electrons. The molecule has 23 heavy (non-hydrogen) atoms. The zero-order chi connectivity index (χ0) is 16.4. The number of aromatic nitrogens is 1. The third-order valence-corrected chi connectivity index (χ3v) is 5.57. The second-order valence-electron chi connectivity index (χ2n) is 7.00. The third-order valence-electron chi connectivity index (χ3n) is 5.57. The van der Waals surface area contributed by atoms with Crippen LogP contribution in [0.5, 0.6) is 0 Å². The van der Waals surface area contributed by atoms with Gasteiger partial charge in [-0.2, -0.15) is 0 Å². The number of carbonyl (C=O) groups is 1. The van der Waals surface area contributed by atoms with Crippen molar-refractivity contribution in [3.63, 3.8) is 0 Å². The summed E-state index contributed by atoms with van der Waals surface area (Å²) in [5.41, 5.74) is 1.34. The molecule has 0 aromatic carbocycles. The highest BCUT2D eigenvalue weighted by atomic mass is 16.2. The molecule has 0 radical (unpaired) electrons. The first kappa shape index (κ1) is 16.4. The van der Waals surface area contributed by atoms with Gasteiger partial charge in [0.15, 0.2) is 0 Å². The smallest absolute Gasteiger partial charge is 0.219 e. The average Bonchev–Trinajstić information content (AvgIpc) is 2.97. The maximum atomic E-state index is 11.5. The summed E-state index contributed by atoms with van der Waals surface area (Å²) in [6.07, 6.45) is 3.76. The molecule has 3 unspecified atom stereocenters. The quantitative estimate of drug-likeness (QED) is 0.850. The van der Waals surface area contributed by atoms with Gasteiger partial charge in [0.05, 0.1) is 0 Å². The van der Waals surface area contributed by atoms with Crippen molar-refractivity contribution in [2.45, 2.75) is 32.9 Å². The first-order valence-corrected chi connectivity index (χ1v) is 8.70. The molecule has 2 aliphatic heterocycles. The summed E-state index contributed by atoms with van der Waals surface area (Å²) in [7, 11) is 0. The van der Waals surface area contributed by atoms with Crippen LogP contribution in [0.4, 0.5) is 0 Å². The van der Waals surface area contributed by atoms with Gasteiger partial charge in [0.2, 0.25) is 5.91 Å². The van der Waals surface area contributed by atoms with Crippen LogP contribution in [-0.2, 0) is 4.79 Å². The second-order valence-corrected chi connectivity index (χ2v) is 7.00. The molecule has 0 N–H and O–H groups in total. The Labute approximate surface area is 139 Å². The number of piperazine rings is 1. The number of likely N-dealkylation sites (tertiary alicyclic amines) is 1. The van der Waals surface area contributed by atoms with Crippen LogP contribution >= 0.6 is 0 Å². The molecule has 1 amide bonds. The Hall–Kier alpha value is -1.46. The van der Waals surface area contributed by atoms with E-state index in [9.17, 15) is 4.79 Å². The maximum Gasteiger partial charge on any atom is 0.219 e. The highest BCUT2D eigenvalue weighted by molar-refractivity contribution is 5.73. The highest BCUT2D eigenvalue weighted by Gasteiger charge is 2.37. The average molecular weight is 316 g/mol. The van der Waals surface area contributed by atoms with Gasteiger partial charge in [-0.1, -0.05) is 6.92 Å². The fourth-order valence-electron chi connectivity index (χ4n) is 4.00. The Morgan fingerprint density at radius 2 is 1.83 bits per heavy atom. The maximum absolute atomic E-state index is 11.5. The van der Waals surface area contributed by atoms with Gasteiger partial charge in [0, 0.05) is 70.7 Å². The van der Waals surface area contributed by atoms with E-state index in [1.165, 1.54) is 5.56 Å². The normalized spacial score (nSPS) is 28.0. The minimum absolute atomic E-state index is 0.206. The first-order chi connectivity index (χ1) is 11.1. The van der Waals surface area contributed by atoms with Crippen molar-refractivity contribution in [2.75, 3.05) is 39.3 Å². The van der Waals surface area contributed by atoms with E-state index < -0.39 is 0 Å². The molecule has 2 fully saturated rings. The SMILES string of the molecule is CC(=O)N1CCN(C2CN(C(C)c3ccncc3)CC2C)CC1. The van der Waals surface area contributed by atoms with E-state index in [0.717, 1.165) is 39.3 Å². The van der Waals surface area contributed by atoms with E-state index in [1.807, 2.05) is 17.3 Å². The summed E-state index contributed by atoms with van der Waals surface area (Å²) < 4.78 is 0. The van der Waals surface area contributed by atoms with Crippen LogP contribution < -0.4 is 0 Å². The molecule has 1 aromatic rings. The lowest BCUT2D eigenvalue weighted by Gasteiger charge is -2.39. The molecule has 2 aliphatic rings. The standard InChI is InChI=1S/C18H28N4O/c1-14-12-22(15(2)17-4-6-19-7-5-17)13-18(14)21-10-8-20(9-11-21)16(3)23/h4-7,14-15,18H,8-13H2,1-3H3. The van der Waals surface area contributed by atoms with Gasteiger partial charge in [0.25, 0.3) is 0 Å². The predicted octanol–water partition coefficient (Wildman–Crippen LogP) is 1.63. The number of hydrogen-bond acceptors (Lipinski definition) is 4. The van der Waals surface area contributed by atoms with Crippen LogP contribution in [-0.4, -0.2) is 70.9 Å². The lowest BCUT2D eigenvalue weighted by Crippen LogP contribution is -2.53.